The third-order valence-corrected chi connectivity index (χ3v) is 4.09. The minimum Gasteiger partial charge on any atom is -0.424 e. The van der Waals surface area contributed by atoms with Gasteiger partial charge in [0.15, 0.2) is 5.82 Å². The Kier molecular flexibility index (Phi) is 5.30. The van der Waals surface area contributed by atoms with Crippen LogP contribution in [0.1, 0.15) is 49.0 Å². The van der Waals surface area contributed by atoms with Crippen molar-refractivity contribution in [1.29, 1.82) is 0 Å². The molecule has 1 saturated heterocycles. The van der Waals surface area contributed by atoms with Gasteiger partial charge in [-0.05, 0) is 25.5 Å². The fraction of sp³-hybridized carbons (Fsp3) is 0.625. The van der Waals surface area contributed by atoms with E-state index in [1.54, 1.807) is 7.11 Å². The maximum atomic E-state index is 5.62. The smallest absolute Gasteiger partial charge is 0.230 e. The summed E-state index contributed by atoms with van der Waals surface area (Å²) in [6.07, 6.45) is 4.88. The van der Waals surface area contributed by atoms with Gasteiger partial charge in [0.25, 0.3) is 0 Å². The predicted octanol–water partition coefficient (Wildman–Crippen LogP) is 1.95. The van der Waals surface area contributed by atoms with E-state index < -0.39 is 0 Å². The number of methoxy groups -OCH3 is 1. The zero-order chi connectivity index (χ0) is 16.1. The summed E-state index contributed by atoms with van der Waals surface area (Å²) in [5.41, 5.74) is 1.09. The van der Waals surface area contributed by atoms with E-state index in [9.17, 15) is 0 Å². The number of hydrogen-bond acceptors (Lipinski definition) is 7. The molecule has 1 fully saturated rings. The summed E-state index contributed by atoms with van der Waals surface area (Å²) in [6, 6.07) is 2.01. The van der Waals surface area contributed by atoms with Crippen LogP contribution in [0.2, 0.25) is 0 Å². The summed E-state index contributed by atoms with van der Waals surface area (Å²) in [6.45, 7) is 5.18. The van der Waals surface area contributed by atoms with Crippen LogP contribution in [0, 0.1) is 0 Å². The second-order valence-corrected chi connectivity index (χ2v) is 5.85. The molecule has 0 aliphatic carbocycles. The molecule has 2 aromatic heterocycles. The van der Waals surface area contributed by atoms with Crippen LogP contribution in [0.15, 0.2) is 16.7 Å². The predicted molar refractivity (Wildman–Crippen MR) is 83.7 cm³/mol. The molecule has 124 valence electrons. The summed E-state index contributed by atoms with van der Waals surface area (Å²) >= 11 is 0. The van der Waals surface area contributed by atoms with E-state index in [2.05, 4.69) is 25.1 Å². The Hall–Kier alpha value is -1.86. The second kappa shape index (κ2) is 7.61. The summed E-state index contributed by atoms with van der Waals surface area (Å²) < 4.78 is 10.7. The van der Waals surface area contributed by atoms with Crippen LogP contribution in [0.25, 0.3) is 0 Å². The highest BCUT2D eigenvalue weighted by atomic mass is 16.5. The van der Waals surface area contributed by atoms with E-state index in [0.717, 1.165) is 43.9 Å². The summed E-state index contributed by atoms with van der Waals surface area (Å²) in [7, 11) is 1.66. The average molecular weight is 317 g/mol. The molecule has 1 aliphatic rings. The molecule has 3 heterocycles. The van der Waals surface area contributed by atoms with Crippen LogP contribution in [-0.2, 0) is 24.3 Å². The Morgan fingerprint density at radius 2 is 2.22 bits per heavy atom. The van der Waals surface area contributed by atoms with E-state index >= 15 is 0 Å². The molecule has 1 aliphatic heterocycles. The van der Waals surface area contributed by atoms with Crippen molar-refractivity contribution >= 4 is 0 Å². The Morgan fingerprint density at radius 1 is 1.35 bits per heavy atom. The monoisotopic (exact) mass is 317 g/mol. The highest BCUT2D eigenvalue weighted by Gasteiger charge is 2.24. The van der Waals surface area contributed by atoms with Crippen molar-refractivity contribution in [3.8, 4) is 0 Å². The molecule has 3 rings (SSSR count). The molecule has 23 heavy (non-hydrogen) atoms. The highest BCUT2D eigenvalue weighted by molar-refractivity contribution is 5.10. The third-order valence-electron chi connectivity index (χ3n) is 4.09. The first-order valence-electron chi connectivity index (χ1n) is 8.13. The summed E-state index contributed by atoms with van der Waals surface area (Å²) in [5, 5.41) is 8.15. The number of ether oxygens (including phenoxy) is 1. The van der Waals surface area contributed by atoms with Crippen molar-refractivity contribution in [2.75, 3.05) is 20.2 Å². The van der Waals surface area contributed by atoms with Gasteiger partial charge in [-0.1, -0.05) is 6.92 Å². The lowest BCUT2D eigenvalue weighted by molar-refractivity contribution is 0.173. The molecule has 0 amide bonds. The highest BCUT2D eigenvalue weighted by Crippen LogP contribution is 2.26. The van der Waals surface area contributed by atoms with Gasteiger partial charge in [0.05, 0.1) is 6.54 Å². The molecule has 0 spiro atoms. The molecule has 7 heteroatoms. The average Bonchev–Trinajstić information content (AvgIpc) is 3.03. The van der Waals surface area contributed by atoms with Crippen LogP contribution >= 0.6 is 0 Å². The number of aromatic nitrogens is 4. The number of nitrogens with zero attached hydrogens (tertiary/aromatic N) is 5. The van der Waals surface area contributed by atoms with Crippen molar-refractivity contribution < 1.29 is 9.15 Å². The summed E-state index contributed by atoms with van der Waals surface area (Å²) in [4.78, 5) is 11.2. The van der Waals surface area contributed by atoms with Crippen molar-refractivity contribution in [2.24, 2.45) is 0 Å². The Balaban J connectivity index is 1.64. The van der Waals surface area contributed by atoms with Crippen LogP contribution in [0.4, 0.5) is 0 Å². The maximum Gasteiger partial charge on any atom is 0.230 e. The summed E-state index contributed by atoms with van der Waals surface area (Å²) in [5.74, 6) is 2.56. The first-order chi connectivity index (χ1) is 11.3. The fourth-order valence-corrected chi connectivity index (χ4v) is 2.97. The van der Waals surface area contributed by atoms with Gasteiger partial charge < -0.3 is 9.15 Å². The third kappa shape index (κ3) is 4.11. The molecule has 0 radical (unpaired) electrons. The second-order valence-electron chi connectivity index (χ2n) is 5.85. The largest absolute Gasteiger partial charge is 0.424 e. The lowest BCUT2D eigenvalue weighted by atomic mass is 9.94. The van der Waals surface area contributed by atoms with Gasteiger partial charge in [0.2, 0.25) is 11.8 Å². The lowest BCUT2D eigenvalue weighted by Gasteiger charge is -2.31. The normalized spacial score (nSPS) is 19.1. The van der Waals surface area contributed by atoms with Gasteiger partial charge >= 0.3 is 0 Å². The molecule has 1 atom stereocenters. The van der Waals surface area contributed by atoms with Gasteiger partial charge in [0, 0.05) is 37.9 Å². The Morgan fingerprint density at radius 3 is 3.00 bits per heavy atom. The molecule has 0 saturated carbocycles. The molecule has 0 N–H and O–H groups in total. The van der Waals surface area contributed by atoms with E-state index in [1.165, 1.54) is 0 Å². The van der Waals surface area contributed by atoms with Crippen LogP contribution < -0.4 is 0 Å². The van der Waals surface area contributed by atoms with Gasteiger partial charge in [0.1, 0.15) is 6.61 Å². The molecule has 7 nitrogen and oxygen atoms in total. The number of aryl methyl sites for hydroxylation is 1. The zero-order valence-electron chi connectivity index (χ0n) is 13.7. The Labute approximate surface area is 136 Å². The zero-order valence-corrected chi connectivity index (χ0v) is 13.7. The van der Waals surface area contributed by atoms with Gasteiger partial charge in [-0.3, -0.25) is 4.90 Å². The molecular weight excluding hydrogens is 294 g/mol. The van der Waals surface area contributed by atoms with Crippen molar-refractivity contribution in [1.82, 2.24) is 25.1 Å². The van der Waals surface area contributed by atoms with E-state index in [-0.39, 0.29) is 0 Å². The van der Waals surface area contributed by atoms with Gasteiger partial charge in [-0.25, -0.2) is 9.97 Å². The molecule has 0 aromatic carbocycles. The molecule has 2 aromatic rings. The lowest BCUT2D eigenvalue weighted by Crippen LogP contribution is -2.34. The first-order valence-corrected chi connectivity index (χ1v) is 8.13. The number of rotatable bonds is 6. The topological polar surface area (TPSA) is 77.2 Å². The minimum absolute atomic E-state index is 0.413. The van der Waals surface area contributed by atoms with Gasteiger partial charge in [-0.15, -0.1) is 10.2 Å². The molecule has 1 unspecified atom stereocenters. The number of piperidine rings is 1. The fourth-order valence-electron chi connectivity index (χ4n) is 2.97. The Bertz CT molecular complexity index is 630. The van der Waals surface area contributed by atoms with Crippen molar-refractivity contribution in [2.45, 2.75) is 45.3 Å². The van der Waals surface area contributed by atoms with Crippen LogP contribution in [0.5, 0.6) is 0 Å². The van der Waals surface area contributed by atoms with Crippen molar-refractivity contribution in [3.63, 3.8) is 0 Å². The number of hydrogen-bond donors (Lipinski definition) is 0. The van der Waals surface area contributed by atoms with E-state index in [1.807, 2.05) is 19.2 Å². The van der Waals surface area contributed by atoms with Crippen molar-refractivity contribution in [3.05, 3.63) is 35.6 Å². The number of likely N-dealkylation sites (tertiary alicyclic amines) is 1. The SMILES string of the molecule is CCc1nnc(CN2CCCC(c3ccnc(COC)n3)C2)o1. The quantitative estimate of drug-likeness (QED) is 0.805. The van der Waals surface area contributed by atoms with Gasteiger partial charge in [-0.2, -0.15) is 0 Å². The first kappa shape index (κ1) is 16.0. The standard InChI is InChI=1S/C16H23N5O2/c1-3-15-19-20-16(23-15)10-21-8-4-5-12(9-21)13-6-7-17-14(18-13)11-22-2/h6-7,12H,3-5,8-11H2,1-2H3. The molecular formula is C16H23N5O2. The van der Waals surface area contributed by atoms with E-state index in [4.69, 9.17) is 9.15 Å². The van der Waals surface area contributed by atoms with Crippen LogP contribution in [0.3, 0.4) is 0 Å². The molecule has 0 bridgehead atoms. The van der Waals surface area contributed by atoms with E-state index in [0.29, 0.717) is 30.9 Å². The maximum absolute atomic E-state index is 5.62. The minimum atomic E-state index is 0.413. The van der Waals surface area contributed by atoms with Crippen LogP contribution in [-0.4, -0.2) is 45.3 Å².